The van der Waals surface area contributed by atoms with Gasteiger partial charge in [0.2, 0.25) is 5.88 Å². The molecule has 0 aliphatic rings. The van der Waals surface area contributed by atoms with Crippen LogP contribution in [0.1, 0.15) is 17.7 Å². The maximum atomic E-state index is 12.3. The fourth-order valence-electron chi connectivity index (χ4n) is 1.38. The largest absolute Gasteiger partial charge is 0.480 e. The zero-order valence-electron chi connectivity index (χ0n) is 9.34. The Balaban J connectivity index is 2.28. The summed E-state index contributed by atoms with van der Waals surface area (Å²) >= 11 is 1.19. The molecule has 96 valence electrons. The molecular formula is C10H9F2N3O2S. The van der Waals surface area contributed by atoms with Crippen molar-refractivity contribution in [3.05, 3.63) is 39.4 Å². The van der Waals surface area contributed by atoms with Crippen LogP contribution < -0.4 is 10.3 Å². The van der Waals surface area contributed by atoms with Crippen LogP contribution in [-0.4, -0.2) is 21.0 Å². The highest BCUT2D eigenvalue weighted by atomic mass is 32.1. The van der Waals surface area contributed by atoms with Crippen LogP contribution in [0.3, 0.4) is 0 Å². The third-order valence-corrected chi connectivity index (χ3v) is 2.92. The number of ether oxygens (including phenoxy) is 1. The smallest absolute Gasteiger partial charge is 0.280 e. The van der Waals surface area contributed by atoms with Crippen LogP contribution in [0.2, 0.25) is 0 Å². The van der Waals surface area contributed by atoms with Gasteiger partial charge in [0.15, 0.2) is 0 Å². The molecule has 2 rings (SSSR count). The van der Waals surface area contributed by atoms with Crippen molar-refractivity contribution in [2.45, 2.75) is 13.0 Å². The van der Waals surface area contributed by atoms with Crippen LogP contribution in [0.4, 0.5) is 8.78 Å². The van der Waals surface area contributed by atoms with Gasteiger partial charge in [0.1, 0.15) is 5.69 Å². The van der Waals surface area contributed by atoms with E-state index in [2.05, 4.69) is 9.36 Å². The lowest BCUT2D eigenvalue weighted by molar-refractivity contribution is 0.145. The highest BCUT2D eigenvalue weighted by Gasteiger charge is 2.12. The van der Waals surface area contributed by atoms with Crippen LogP contribution in [0.15, 0.2) is 22.6 Å². The molecule has 2 aromatic rings. The molecule has 0 radical (unpaired) electrons. The summed E-state index contributed by atoms with van der Waals surface area (Å²) in [4.78, 5) is 15.1. The van der Waals surface area contributed by atoms with Gasteiger partial charge in [-0.05, 0) is 11.5 Å². The molecule has 0 atom stereocenters. The molecule has 0 saturated heterocycles. The number of halogens is 2. The molecule has 2 heterocycles. The molecule has 0 aromatic carbocycles. The zero-order valence-corrected chi connectivity index (χ0v) is 10.2. The Kier molecular flexibility index (Phi) is 3.66. The van der Waals surface area contributed by atoms with Crippen molar-refractivity contribution in [3.63, 3.8) is 0 Å². The van der Waals surface area contributed by atoms with Gasteiger partial charge in [-0.1, -0.05) is 0 Å². The average Bonchev–Trinajstić information content (AvgIpc) is 2.78. The monoisotopic (exact) mass is 273 g/mol. The Morgan fingerprint density at radius 3 is 2.94 bits per heavy atom. The summed E-state index contributed by atoms with van der Waals surface area (Å²) in [5.74, 6) is 0.421. The highest BCUT2D eigenvalue weighted by molar-refractivity contribution is 7.03. The van der Waals surface area contributed by atoms with E-state index in [0.29, 0.717) is 11.4 Å². The first-order chi connectivity index (χ1) is 8.61. The highest BCUT2D eigenvalue weighted by Crippen LogP contribution is 2.19. The molecule has 0 aliphatic heterocycles. The lowest BCUT2D eigenvalue weighted by Gasteiger charge is -2.05. The number of hydrogen-bond acceptors (Lipinski definition) is 5. The van der Waals surface area contributed by atoms with Gasteiger partial charge in [0.25, 0.3) is 12.0 Å². The maximum Gasteiger partial charge on any atom is 0.280 e. The second-order valence-electron chi connectivity index (χ2n) is 3.43. The summed E-state index contributed by atoms with van der Waals surface area (Å²) in [6.07, 6.45) is -1.65. The van der Waals surface area contributed by atoms with Gasteiger partial charge in [-0.2, -0.15) is 4.37 Å². The number of aromatic nitrogens is 3. The van der Waals surface area contributed by atoms with E-state index in [1.165, 1.54) is 23.2 Å². The van der Waals surface area contributed by atoms with Crippen molar-refractivity contribution in [3.8, 4) is 5.88 Å². The standard InChI is InChI=1S/C10H9F2N3O2S/c1-17-10-6(4-18-14-10)3-15-5-13-7(9(11)12)2-8(15)16/h2,4-5,9H,3H2,1H3. The fraction of sp³-hybridized carbons (Fsp3) is 0.300. The normalized spacial score (nSPS) is 10.9. The molecule has 0 N–H and O–H groups in total. The van der Waals surface area contributed by atoms with Crippen LogP contribution in [0.5, 0.6) is 5.88 Å². The first kappa shape index (κ1) is 12.6. The Hall–Kier alpha value is -1.83. The van der Waals surface area contributed by atoms with E-state index >= 15 is 0 Å². The van der Waals surface area contributed by atoms with Gasteiger partial charge < -0.3 is 4.74 Å². The SMILES string of the molecule is COc1nscc1Cn1cnc(C(F)F)cc1=O. The minimum atomic E-state index is -2.75. The minimum Gasteiger partial charge on any atom is -0.480 e. The molecule has 0 fully saturated rings. The minimum absolute atomic E-state index is 0.190. The predicted molar refractivity (Wildman–Crippen MR) is 61.2 cm³/mol. The van der Waals surface area contributed by atoms with E-state index in [0.717, 1.165) is 12.4 Å². The topological polar surface area (TPSA) is 57.0 Å². The lowest BCUT2D eigenvalue weighted by atomic mass is 10.3. The molecule has 0 spiro atoms. The Bertz CT molecular complexity index is 597. The second kappa shape index (κ2) is 5.21. The molecule has 5 nitrogen and oxygen atoms in total. The molecular weight excluding hydrogens is 264 g/mol. The molecule has 0 unspecified atom stereocenters. The van der Waals surface area contributed by atoms with Crippen LogP contribution >= 0.6 is 11.5 Å². The molecule has 0 aliphatic carbocycles. The van der Waals surface area contributed by atoms with E-state index in [9.17, 15) is 13.6 Å². The van der Waals surface area contributed by atoms with Gasteiger partial charge in [-0.25, -0.2) is 13.8 Å². The van der Waals surface area contributed by atoms with Crippen molar-refractivity contribution in [1.29, 1.82) is 0 Å². The molecule has 0 amide bonds. The van der Waals surface area contributed by atoms with E-state index < -0.39 is 17.7 Å². The molecule has 0 saturated carbocycles. The molecule has 0 bridgehead atoms. The predicted octanol–water partition coefficient (Wildman–Crippen LogP) is 1.69. The number of alkyl halides is 2. The summed E-state index contributed by atoms with van der Waals surface area (Å²) in [7, 11) is 1.47. The van der Waals surface area contributed by atoms with Gasteiger partial charge in [-0.3, -0.25) is 9.36 Å². The summed E-state index contributed by atoms with van der Waals surface area (Å²) in [5.41, 5.74) is -0.351. The van der Waals surface area contributed by atoms with Gasteiger partial charge >= 0.3 is 0 Å². The summed E-state index contributed by atoms with van der Waals surface area (Å²) in [5, 5.41) is 1.73. The Morgan fingerprint density at radius 2 is 2.33 bits per heavy atom. The van der Waals surface area contributed by atoms with Crippen molar-refractivity contribution in [2.75, 3.05) is 7.11 Å². The molecule has 18 heavy (non-hydrogen) atoms. The molecule has 2 aromatic heterocycles. The third kappa shape index (κ3) is 2.53. The van der Waals surface area contributed by atoms with Crippen molar-refractivity contribution < 1.29 is 13.5 Å². The van der Waals surface area contributed by atoms with Gasteiger partial charge in [-0.15, -0.1) is 0 Å². The zero-order chi connectivity index (χ0) is 13.1. The summed E-state index contributed by atoms with van der Waals surface area (Å²) in [6, 6.07) is 0.830. The van der Waals surface area contributed by atoms with Crippen molar-refractivity contribution in [1.82, 2.24) is 13.9 Å². The summed E-state index contributed by atoms with van der Waals surface area (Å²) in [6.45, 7) is 0.190. The van der Waals surface area contributed by atoms with E-state index in [4.69, 9.17) is 4.74 Å². The summed E-state index contributed by atoms with van der Waals surface area (Å²) < 4.78 is 34.9. The first-order valence-corrected chi connectivity index (χ1v) is 5.77. The second-order valence-corrected chi connectivity index (χ2v) is 4.06. The van der Waals surface area contributed by atoms with Crippen molar-refractivity contribution in [2.24, 2.45) is 0 Å². The van der Waals surface area contributed by atoms with Gasteiger partial charge in [0.05, 0.1) is 20.0 Å². The molecule has 8 heteroatoms. The maximum absolute atomic E-state index is 12.3. The van der Waals surface area contributed by atoms with E-state index in [1.54, 1.807) is 5.38 Å². The number of methoxy groups -OCH3 is 1. The quantitative estimate of drug-likeness (QED) is 0.850. The van der Waals surface area contributed by atoms with Crippen LogP contribution in [-0.2, 0) is 6.54 Å². The first-order valence-electron chi connectivity index (χ1n) is 4.93. The third-order valence-electron chi connectivity index (χ3n) is 2.26. The number of rotatable bonds is 4. The average molecular weight is 273 g/mol. The Morgan fingerprint density at radius 1 is 1.56 bits per heavy atom. The van der Waals surface area contributed by atoms with Crippen LogP contribution in [0, 0.1) is 0 Å². The van der Waals surface area contributed by atoms with E-state index in [1.807, 2.05) is 0 Å². The number of hydrogen-bond donors (Lipinski definition) is 0. The van der Waals surface area contributed by atoms with Crippen LogP contribution in [0.25, 0.3) is 0 Å². The van der Waals surface area contributed by atoms with Crippen molar-refractivity contribution >= 4 is 11.5 Å². The van der Waals surface area contributed by atoms with Gasteiger partial charge in [0, 0.05) is 17.0 Å². The lowest BCUT2D eigenvalue weighted by Crippen LogP contribution is -2.21. The number of nitrogens with zero attached hydrogens (tertiary/aromatic N) is 3. The Labute approximate surface area is 105 Å². The van der Waals surface area contributed by atoms with E-state index in [-0.39, 0.29) is 6.54 Å². The fourth-order valence-corrected chi connectivity index (χ4v) is 2.02.